The van der Waals surface area contributed by atoms with Crippen LogP contribution in [0.1, 0.15) is 0 Å². The summed E-state index contributed by atoms with van der Waals surface area (Å²) in [7, 11) is 0. The van der Waals surface area contributed by atoms with Crippen molar-refractivity contribution in [3.63, 3.8) is 0 Å². The van der Waals surface area contributed by atoms with E-state index in [0.29, 0.717) is 0 Å². The Morgan fingerprint density at radius 1 is 1.20 bits per heavy atom. The van der Waals surface area contributed by atoms with E-state index in [1.54, 1.807) is 0 Å². The van der Waals surface area contributed by atoms with Crippen molar-refractivity contribution in [3.8, 4) is 0 Å². The van der Waals surface area contributed by atoms with Crippen molar-refractivity contribution in [2.45, 2.75) is 0 Å². The van der Waals surface area contributed by atoms with Gasteiger partial charge in [0.1, 0.15) is 0 Å². The first-order valence-corrected chi connectivity index (χ1v) is 0.408. The molecule has 0 atom stereocenters. The zero-order valence-electron chi connectivity index (χ0n) is 1.82. The van der Waals surface area contributed by atoms with Gasteiger partial charge in [-0.05, 0) is 0 Å². The molecule has 5 heavy (non-hydrogen) atoms. The van der Waals surface area contributed by atoms with E-state index in [2.05, 4.69) is 0 Å². The van der Waals surface area contributed by atoms with Gasteiger partial charge in [0.15, 0.2) is 0 Å². The van der Waals surface area contributed by atoms with Crippen LogP contribution >= 0.6 is 13.5 Å². The standard InChI is InChI=1S/CO2.Ca.H2S.2H/c2-1-3;;;;/h;;1H2;;. The summed E-state index contributed by atoms with van der Waals surface area (Å²) in [5.41, 5.74) is 0. The molecular weight excluding hydrogens is 116 g/mol. The van der Waals surface area contributed by atoms with E-state index in [4.69, 9.17) is 9.59 Å². The second kappa shape index (κ2) is 20.1. The van der Waals surface area contributed by atoms with E-state index in [0.717, 1.165) is 0 Å². The Hall–Kier alpha value is 0.990. The van der Waals surface area contributed by atoms with Crippen molar-refractivity contribution in [2.75, 3.05) is 0 Å². The topological polar surface area (TPSA) is 34.1 Å². The first-order valence-electron chi connectivity index (χ1n) is 0.408. The van der Waals surface area contributed by atoms with E-state index in [1.807, 2.05) is 0 Å². The van der Waals surface area contributed by atoms with Crippen molar-refractivity contribution in [1.29, 1.82) is 0 Å². The molecule has 28 valence electrons. The van der Waals surface area contributed by atoms with Crippen LogP contribution in [-0.4, -0.2) is 43.9 Å². The molecule has 0 aromatic rings. The second-order valence-electron chi connectivity index (χ2n) is 0.0833. The SMILES string of the molecule is O=C=O.S.[CaH2]. The van der Waals surface area contributed by atoms with Gasteiger partial charge in [-0.15, -0.1) is 0 Å². The predicted molar refractivity (Wildman–Crippen MR) is 23.9 cm³/mol. The van der Waals surface area contributed by atoms with Gasteiger partial charge >= 0.3 is 43.9 Å². The Bertz CT molecular complexity index is 30.6. The third-order valence-electron chi connectivity index (χ3n) is 0. The molecule has 4 heteroatoms. The maximum absolute atomic E-state index is 8.12. The summed E-state index contributed by atoms with van der Waals surface area (Å²) in [4.78, 5) is 16.2. The van der Waals surface area contributed by atoms with Crippen LogP contribution in [0, 0.1) is 0 Å². The fourth-order valence-corrected chi connectivity index (χ4v) is 0. The molecule has 0 spiro atoms. The molecular formula is CH4CaO2S. The normalized spacial score (nSPS) is 1.60. The molecule has 0 aromatic heterocycles. The molecule has 0 N–H and O–H groups in total. The summed E-state index contributed by atoms with van der Waals surface area (Å²) in [6, 6.07) is 0. The molecule has 0 unspecified atom stereocenters. The average molecular weight is 120 g/mol. The molecule has 0 saturated heterocycles. The molecule has 0 bridgehead atoms. The number of rotatable bonds is 0. The van der Waals surface area contributed by atoms with Gasteiger partial charge in [0.05, 0.1) is 0 Å². The summed E-state index contributed by atoms with van der Waals surface area (Å²) in [5, 5.41) is 0. The molecule has 0 fully saturated rings. The minimum atomic E-state index is 0. The molecule has 2 nitrogen and oxygen atoms in total. The Balaban J connectivity index is -0.0000000200. The van der Waals surface area contributed by atoms with Crippen LogP contribution in [0.25, 0.3) is 0 Å². The first-order chi connectivity index (χ1) is 1.41. The summed E-state index contributed by atoms with van der Waals surface area (Å²) >= 11 is 0. The molecule has 0 rings (SSSR count). The third kappa shape index (κ3) is 45.5. The van der Waals surface area contributed by atoms with Crippen molar-refractivity contribution in [2.24, 2.45) is 0 Å². The molecule has 0 aliphatic carbocycles. The van der Waals surface area contributed by atoms with Crippen molar-refractivity contribution in [1.82, 2.24) is 0 Å². The van der Waals surface area contributed by atoms with Gasteiger partial charge in [0.2, 0.25) is 0 Å². The van der Waals surface area contributed by atoms with E-state index in [9.17, 15) is 0 Å². The second-order valence-corrected chi connectivity index (χ2v) is 0.0833. The van der Waals surface area contributed by atoms with E-state index < -0.39 is 0 Å². The Morgan fingerprint density at radius 2 is 1.20 bits per heavy atom. The van der Waals surface area contributed by atoms with Gasteiger partial charge in [-0.3, -0.25) is 0 Å². The van der Waals surface area contributed by atoms with Gasteiger partial charge < -0.3 is 0 Å². The van der Waals surface area contributed by atoms with Gasteiger partial charge in [-0.2, -0.15) is 23.1 Å². The Morgan fingerprint density at radius 3 is 1.20 bits per heavy atom. The summed E-state index contributed by atoms with van der Waals surface area (Å²) < 4.78 is 0. The molecule has 0 saturated carbocycles. The van der Waals surface area contributed by atoms with Crippen LogP contribution < -0.4 is 0 Å². The fraction of sp³-hybridized carbons (Fsp3) is 0. The van der Waals surface area contributed by atoms with Crippen molar-refractivity contribution in [3.05, 3.63) is 0 Å². The van der Waals surface area contributed by atoms with Crippen LogP contribution in [0.2, 0.25) is 0 Å². The zero-order valence-corrected chi connectivity index (χ0v) is 2.82. The molecule has 0 amide bonds. The van der Waals surface area contributed by atoms with Gasteiger partial charge in [-0.25, -0.2) is 0 Å². The fourth-order valence-electron chi connectivity index (χ4n) is 0. The average Bonchev–Trinajstić information content (AvgIpc) is 0.918. The van der Waals surface area contributed by atoms with E-state index in [-0.39, 0.29) is 57.4 Å². The first kappa shape index (κ1) is 16.7. The van der Waals surface area contributed by atoms with Gasteiger partial charge in [-0.1, -0.05) is 0 Å². The Labute approximate surface area is 66.4 Å². The van der Waals surface area contributed by atoms with E-state index >= 15 is 0 Å². The van der Waals surface area contributed by atoms with Crippen LogP contribution in [0.5, 0.6) is 0 Å². The molecule has 0 aliphatic rings. The number of hydrogen-bond acceptors (Lipinski definition) is 2. The zero-order chi connectivity index (χ0) is 2.71. The van der Waals surface area contributed by atoms with Crippen LogP contribution in [-0.2, 0) is 9.59 Å². The van der Waals surface area contributed by atoms with Crippen LogP contribution in [0.4, 0.5) is 0 Å². The summed E-state index contributed by atoms with van der Waals surface area (Å²) in [5.74, 6) is 0. The quantitative estimate of drug-likeness (QED) is 0.369. The molecule has 0 radical (unpaired) electrons. The van der Waals surface area contributed by atoms with E-state index in [1.165, 1.54) is 0 Å². The maximum atomic E-state index is 8.12. The number of carbonyl (C=O) groups excluding carboxylic acids is 2. The summed E-state index contributed by atoms with van der Waals surface area (Å²) in [6.45, 7) is 0. The third-order valence-corrected chi connectivity index (χ3v) is 0. The Kier molecular flexibility index (Phi) is 66.9. The summed E-state index contributed by atoms with van der Waals surface area (Å²) in [6.07, 6.45) is 0.250. The van der Waals surface area contributed by atoms with Gasteiger partial charge in [0, 0.05) is 0 Å². The van der Waals surface area contributed by atoms with Crippen LogP contribution in [0.15, 0.2) is 0 Å². The minimum absolute atomic E-state index is 0. The van der Waals surface area contributed by atoms with Crippen molar-refractivity contribution >= 4 is 57.4 Å². The van der Waals surface area contributed by atoms with Gasteiger partial charge in [0.25, 0.3) is 0 Å². The molecule has 0 aromatic carbocycles. The number of hydrogen-bond donors (Lipinski definition) is 0. The monoisotopic (exact) mass is 120 g/mol. The molecule has 0 heterocycles. The van der Waals surface area contributed by atoms with Crippen LogP contribution in [0.3, 0.4) is 0 Å². The molecule has 0 aliphatic heterocycles. The predicted octanol–water partition coefficient (Wildman–Crippen LogP) is -1.39. The van der Waals surface area contributed by atoms with Crippen molar-refractivity contribution < 1.29 is 9.59 Å².